The Morgan fingerprint density at radius 1 is 1.20 bits per heavy atom. The third kappa shape index (κ3) is 1.58. The van der Waals surface area contributed by atoms with Crippen molar-refractivity contribution in [2.75, 3.05) is 0 Å². The number of phenolic OH excluding ortho intramolecular Hbond substituents is 2. The van der Waals surface area contributed by atoms with E-state index in [0.717, 1.165) is 36.8 Å². The molecule has 0 aliphatic heterocycles. The van der Waals surface area contributed by atoms with Crippen molar-refractivity contribution in [1.29, 1.82) is 0 Å². The minimum atomic E-state index is -0.261. The summed E-state index contributed by atoms with van der Waals surface area (Å²) in [7, 11) is 0. The molecule has 0 aromatic heterocycles. The molecule has 0 unspecified atom stereocenters. The predicted molar refractivity (Wildman–Crippen MR) is 56.4 cm³/mol. The fourth-order valence-electron chi connectivity index (χ4n) is 2.14. The van der Waals surface area contributed by atoms with Crippen LogP contribution in [-0.2, 0) is 12.8 Å². The van der Waals surface area contributed by atoms with E-state index >= 15 is 0 Å². The van der Waals surface area contributed by atoms with Crippen LogP contribution < -0.4 is 0 Å². The van der Waals surface area contributed by atoms with Crippen LogP contribution in [-0.4, -0.2) is 16.0 Å². The summed E-state index contributed by atoms with van der Waals surface area (Å²) in [6.45, 7) is 1.39. The predicted octanol–water partition coefficient (Wildman–Crippen LogP) is 2.18. The lowest BCUT2D eigenvalue weighted by Crippen LogP contribution is -2.06. The Hall–Kier alpha value is -1.51. The van der Waals surface area contributed by atoms with Gasteiger partial charge in [-0.2, -0.15) is 0 Å². The van der Waals surface area contributed by atoms with Crippen molar-refractivity contribution >= 4 is 5.78 Å². The zero-order valence-corrected chi connectivity index (χ0v) is 8.71. The van der Waals surface area contributed by atoms with Crippen LogP contribution in [0.15, 0.2) is 6.07 Å². The second-order valence-electron chi connectivity index (χ2n) is 4.02. The summed E-state index contributed by atoms with van der Waals surface area (Å²) < 4.78 is 0. The van der Waals surface area contributed by atoms with Crippen LogP contribution in [0.3, 0.4) is 0 Å². The van der Waals surface area contributed by atoms with Gasteiger partial charge in [-0.05, 0) is 44.2 Å². The Kier molecular flexibility index (Phi) is 2.39. The van der Waals surface area contributed by atoms with Crippen LogP contribution in [0.25, 0.3) is 0 Å². The van der Waals surface area contributed by atoms with Gasteiger partial charge < -0.3 is 10.2 Å². The number of aromatic hydroxyl groups is 2. The number of hydrogen-bond acceptors (Lipinski definition) is 3. The van der Waals surface area contributed by atoms with Gasteiger partial charge in [-0.15, -0.1) is 0 Å². The van der Waals surface area contributed by atoms with Crippen molar-refractivity contribution in [2.24, 2.45) is 0 Å². The minimum Gasteiger partial charge on any atom is -0.504 e. The van der Waals surface area contributed by atoms with Gasteiger partial charge in [0.15, 0.2) is 17.3 Å². The highest BCUT2D eigenvalue weighted by atomic mass is 16.3. The van der Waals surface area contributed by atoms with Gasteiger partial charge in [0.1, 0.15) is 0 Å². The Labute approximate surface area is 88.4 Å². The van der Waals surface area contributed by atoms with Crippen molar-refractivity contribution in [2.45, 2.75) is 32.6 Å². The van der Waals surface area contributed by atoms with Crippen LogP contribution >= 0.6 is 0 Å². The molecule has 2 N–H and O–H groups in total. The summed E-state index contributed by atoms with van der Waals surface area (Å²) in [5, 5.41) is 19.4. The molecule has 0 amide bonds. The van der Waals surface area contributed by atoms with Crippen LogP contribution in [0.2, 0.25) is 0 Å². The van der Waals surface area contributed by atoms with Gasteiger partial charge in [0, 0.05) is 5.56 Å². The van der Waals surface area contributed by atoms with E-state index in [1.807, 2.05) is 0 Å². The summed E-state index contributed by atoms with van der Waals surface area (Å²) in [6.07, 6.45) is 3.77. The second kappa shape index (κ2) is 3.57. The largest absolute Gasteiger partial charge is 0.504 e. The number of benzene rings is 1. The van der Waals surface area contributed by atoms with Crippen LogP contribution in [0, 0.1) is 0 Å². The highest BCUT2D eigenvalue weighted by Crippen LogP contribution is 2.38. The number of ketones is 1. The molecular weight excluding hydrogens is 192 g/mol. The molecule has 3 heteroatoms. The van der Waals surface area contributed by atoms with Crippen molar-refractivity contribution in [1.82, 2.24) is 0 Å². The second-order valence-corrected chi connectivity index (χ2v) is 4.02. The number of carbonyl (C=O) groups excluding carboxylic acids is 1. The average molecular weight is 206 g/mol. The highest BCUT2D eigenvalue weighted by molar-refractivity contribution is 5.98. The van der Waals surface area contributed by atoms with E-state index in [-0.39, 0.29) is 22.8 Å². The maximum Gasteiger partial charge on any atom is 0.168 e. The first-order chi connectivity index (χ1) is 7.11. The van der Waals surface area contributed by atoms with Crippen molar-refractivity contribution in [3.05, 3.63) is 22.8 Å². The molecule has 2 rings (SSSR count). The number of Topliss-reactive ketones (excluding diaryl/α,β-unsaturated/α-hetero) is 1. The quantitative estimate of drug-likeness (QED) is 0.547. The molecule has 0 radical (unpaired) electrons. The Bertz CT molecular complexity index is 421. The number of aryl methyl sites for hydroxylation is 1. The molecule has 0 heterocycles. The van der Waals surface area contributed by atoms with E-state index in [0.29, 0.717) is 0 Å². The molecule has 1 aliphatic rings. The number of carbonyl (C=O) groups is 1. The first kappa shape index (κ1) is 10.0. The van der Waals surface area contributed by atoms with Crippen LogP contribution in [0.4, 0.5) is 0 Å². The molecule has 1 aliphatic carbocycles. The lowest BCUT2D eigenvalue weighted by atomic mass is 9.88. The molecule has 3 nitrogen and oxygen atoms in total. The normalized spacial score (nSPS) is 14.7. The standard InChI is InChI=1S/C12H14O3/c1-7(13)10-6-8-4-2-3-5-9(8)11(14)12(10)15/h6,14-15H,2-5H2,1H3. The van der Waals surface area contributed by atoms with Gasteiger partial charge in [-0.25, -0.2) is 0 Å². The summed E-state index contributed by atoms with van der Waals surface area (Å²) in [6, 6.07) is 1.71. The van der Waals surface area contributed by atoms with E-state index in [1.165, 1.54) is 6.92 Å². The maximum absolute atomic E-state index is 11.2. The minimum absolute atomic E-state index is 0.0996. The molecule has 0 bridgehead atoms. The van der Waals surface area contributed by atoms with Gasteiger partial charge in [0.05, 0.1) is 5.56 Å². The molecular formula is C12H14O3. The summed E-state index contributed by atoms with van der Waals surface area (Å²) >= 11 is 0. The van der Waals surface area contributed by atoms with E-state index in [1.54, 1.807) is 6.07 Å². The van der Waals surface area contributed by atoms with Crippen LogP contribution in [0.1, 0.15) is 41.3 Å². The molecule has 0 fully saturated rings. The van der Waals surface area contributed by atoms with Gasteiger partial charge in [0.2, 0.25) is 0 Å². The molecule has 80 valence electrons. The third-order valence-corrected chi connectivity index (χ3v) is 2.97. The lowest BCUT2D eigenvalue weighted by Gasteiger charge is -2.18. The number of fused-ring (bicyclic) bond motifs is 1. The van der Waals surface area contributed by atoms with Crippen molar-refractivity contribution in [3.8, 4) is 11.5 Å². The molecule has 1 aromatic carbocycles. The Balaban J connectivity index is 2.63. The van der Waals surface area contributed by atoms with Crippen LogP contribution in [0.5, 0.6) is 11.5 Å². The monoisotopic (exact) mass is 206 g/mol. The lowest BCUT2D eigenvalue weighted by molar-refractivity contribution is 0.101. The Morgan fingerprint density at radius 3 is 2.53 bits per heavy atom. The number of hydrogen-bond donors (Lipinski definition) is 2. The maximum atomic E-state index is 11.2. The zero-order valence-electron chi connectivity index (χ0n) is 8.71. The SMILES string of the molecule is CC(=O)c1cc2c(c(O)c1O)CCCC2. The number of phenols is 2. The van der Waals surface area contributed by atoms with Gasteiger partial charge >= 0.3 is 0 Å². The third-order valence-electron chi connectivity index (χ3n) is 2.97. The smallest absolute Gasteiger partial charge is 0.168 e. The molecule has 0 atom stereocenters. The highest BCUT2D eigenvalue weighted by Gasteiger charge is 2.20. The van der Waals surface area contributed by atoms with Gasteiger partial charge in [0.25, 0.3) is 0 Å². The topological polar surface area (TPSA) is 57.5 Å². The van der Waals surface area contributed by atoms with E-state index in [9.17, 15) is 15.0 Å². The first-order valence-corrected chi connectivity index (χ1v) is 5.19. The fourth-order valence-corrected chi connectivity index (χ4v) is 2.14. The van der Waals surface area contributed by atoms with Gasteiger partial charge in [-0.3, -0.25) is 4.79 Å². The zero-order chi connectivity index (χ0) is 11.0. The number of rotatable bonds is 1. The van der Waals surface area contributed by atoms with E-state index in [4.69, 9.17) is 0 Å². The van der Waals surface area contributed by atoms with Crippen molar-refractivity contribution in [3.63, 3.8) is 0 Å². The molecule has 1 aromatic rings. The molecule has 0 spiro atoms. The Morgan fingerprint density at radius 2 is 1.87 bits per heavy atom. The summed E-state index contributed by atoms with van der Waals surface area (Å²) in [5.41, 5.74) is 2.04. The molecule has 15 heavy (non-hydrogen) atoms. The summed E-state index contributed by atoms with van der Waals surface area (Å²) in [4.78, 5) is 11.2. The molecule has 0 saturated carbocycles. The first-order valence-electron chi connectivity index (χ1n) is 5.19. The van der Waals surface area contributed by atoms with E-state index < -0.39 is 0 Å². The fraction of sp³-hybridized carbons (Fsp3) is 0.417. The van der Waals surface area contributed by atoms with Gasteiger partial charge in [-0.1, -0.05) is 0 Å². The molecule has 0 saturated heterocycles. The average Bonchev–Trinajstić information content (AvgIpc) is 2.23. The summed E-state index contributed by atoms with van der Waals surface area (Å²) in [5.74, 6) is -0.572. The van der Waals surface area contributed by atoms with E-state index in [2.05, 4.69) is 0 Å². The van der Waals surface area contributed by atoms with Crippen molar-refractivity contribution < 1.29 is 15.0 Å².